The lowest BCUT2D eigenvalue weighted by Crippen LogP contribution is -2.05. The number of hydrogen-bond acceptors (Lipinski definition) is 1. The van der Waals surface area contributed by atoms with Gasteiger partial charge in [-0.2, -0.15) is 0 Å². The molecule has 0 aliphatic carbocycles. The number of hydrogen-bond donors (Lipinski definition) is 0. The second-order valence-electron chi connectivity index (χ2n) is 5.31. The van der Waals surface area contributed by atoms with Gasteiger partial charge in [0.1, 0.15) is 0 Å². The monoisotopic (exact) mass is 218 g/mol. The Hall–Kier alpha value is -0.820. The van der Waals surface area contributed by atoms with E-state index < -0.39 is 0 Å². The Morgan fingerprint density at radius 2 is 1.87 bits per heavy atom. The van der Waals surface area contributed by atoms with Crippen LogP contribution in [0.25, 0.3) is 10.1 Å². The van der Waals surface area contributed by atoms with Gasteiger partial charge in [0, 0.05) is 9.58 Å². The van der Waals surface area contributed by atoms with Crippen molar-refractivity contribution in [1.82, 2.24) is 0 Å². The van der Waals surface area contributed by atoms with E-state index in [1.54, 1.807) is 0 Å². The molecule has 0 aliphatic heterocycles. The lowest BCUT2D eigenvalue weighted by molar-refractivity contribution is 0.379. The minimum Gasteiger partial charge on any atom is -0.140 e. The molecule has 2 rings (SSSR count). The molecule has 0 unspecified atom stereocenters. The first kappa shape index (κ1) is 10.7. The summed E-state index contributed by atoms with van der Waals surface area (Å²) in [5, 5.41) is 1.39. The molecule has 15 heavy (non-hydrogen) atoms. The Morgan fingerprint density at radius 1 is 1.13 bits per heavy atom. The molecule has 0 fully saturated rings. The van der Waals surface area contributed by atoms with Gasteiger partial charge < -0.3 is 0 Å². The van der Waals surface area contributed by atoms with Crippen molar-refractivity contribution in [2.24, 2.45) is 5.41 Å². The fourth-order valence-corrected chi connectivity index (χ4v) is 2.72. The van der Waals surface area contributed by atoms with Crippen molar-refractivity contribution in [1.29, 1.82) is 0 Å². The van der Waals surface area contributed by atoms with Crippen LogP contribution in [0.15, 0.2) is 30.3 Å². The van der Waals surface area contributed by atoms with Crippen molar-refractivity contribution >= 4 is 21.4 Å². The smallest absolute Gasteiger partial charge is 0.0345 e. The third-order valence-electron chi connectivity index (χ3n) is 2.60. The van der Waals surface area contributed by atoms with Gasteiger partial charge in [0.25, 0.3) is 0 Å². The van der Waals surface area contributed by atoms with Crippen molar-refractivity contribution in [3.05, 3.63) is 35.2 Å². The summed E-state index contributed by atoms with van der Waals surface area (Å²) >= 11 is 1.94. The summed E-state index contributed by atoms with van der Waals surface area (Å²) in [6.07, 6.45) is 2.47. The summed E-state index contributed by atoms with van der Waals surface area (Å²) < 4.78 is 1.42. The van der Waals surface area contributed by atoms with E-state index in [9.17, 15) is 0 Å². The van der Waals surface area contributed by atoms with Crippen LogP contribution in [-0.2, 0) is 6.42 Å². The maximum Gasteiger partial charge on any atom is 0.0345 e. The summed E-state index contributed by atoms with van der Waals surface area (Å²) in [7, 11) is 0. The molecular formula is C14H18S. The van der Waals surface area contributed by atoms with Crippen LogP contribution in [0, 0.1) is 5.41 Å². The Balaban J connectivity index is 2.16. The highest BCUT2D eigenvalue weighted by atomic mass is 32.1. The molecule has 0 bridgehead atoms. The number of thiophene rings is 1. The highest BCUT2D eigenvalue weighted by Crippen LogP contribution is 2.29. The molecular weight excluding hydrogens is 200 g/mol. The average molecular weight is 218 g/mol. The lowest BCUT2D eigenvalue weighted by atomic mass is 9.90. The van der Waals surface area contributed by atoms with Gasteiger partial charge in [0.15, 0.2) is 0 Å². The molecule has 2 aromatic rings. The van der Waals surface area contributed by atoms with E-state index in [-0.39, 0.29) is 0 Å². The zero-order valence-corrected chi connectivity index (χ0v) is 10.5. The van der Waals surface area contributed by atoms with Gasteiger partial charge in [-0.15, -0.1) is 11.3 Å². The van der Waals surface area contributed by atoms with Crippen LogP contribution in [0.5, 0.6) is 0 Å². The van der Waals surface area contributed by atoms with Crippen LogP contribution in [0.3, 0.4) is 0 Å². The van der Waals surface area contributed by atoms with Crippen molar-refractivity contribution in [2.75, 3.05) is 0 Å². The van der Waals surface area contributed by atoms with Crippen LogP contribution >= 0.6 is 11.3 Å². The summed E-state index contributed by atoms with van der Waals surface area (Å²) in [5.41, 5.74) is 0.441. The van der Waals surface area contributed by atoms with Gasteiger partial charge >= 0.3 is 0 Å². The first-order chi connectivity index (χ1) is 7.04. The van der Waals surface area contributed by atoms with Crippen molar-refractivity contribution in [3.8, 4) is 0 Å². The lowest BCUT2D eigenvalue weighted by Gasteiger charge is -2.16. The topological polar surface area (TPSA) is 0 Å². The van der Waals surface area contributed by atoms with Gasteiger partial charge in [-0.25, -0.2) is 0 Å². The van der Waals surface area contributed by atoms with Crippen LogP contribution < -0.4 is 0 Å². The van der Waals surface area contributed by atoms with E-state index in [0.717, 1.165) is 0 Å². The Morgan fingerprint density at radius 3 is 2.53 bits per heavy atom. The Labute approximate surface area is 95.9 Å². The van der Waals surface area contributed by atoms with Crippen LogP contribution in [0.1, 0.15) is 32.1 Å². The first-order valence-corrected chi connectivity index (χ1v) is 6.34. The third kappa shape index (κ3) is 2.82. The van der Waals surface area contributed by atoms with E-state index in [2.05, 4.69) is 51.1 Å². The maximum atomic E-state index is 2.34. The second-order valence-corrected chi connectivity index (χ2v) is 6.48. The van der Waals surface area contributed by atoms with Crippen LogP contribution in [0.4, 0.5) is 0 Å². The van der Waals surface area contributed by atoms with E-state index in [1.165, 1.54) is 27.8 Å². The molecule has 1 aromatic carbocycles. The molecule has 0 radical (unpaired) electrons. The molecule has 0 amide bonds. The van der Waals surface area contributed by atoms with E-state index in [4.69, 9.17) is 0 Å². The summed E-state index contributed by atoms with van der Waals surface area (Å²) in [4.78, 5) is 1.52. The zero-order chi connectivity index (χ0) is 10.9. The molecule has 1 heteroatoms. The quantitative estimate of drug-likeness (QED) is 0.674. The SMILES string of the molecule is CC(C)(C)CCc1cc2ccccc2s1. The van der Waals surface area contributed by atoms with Gasteiger partial charge in [-0.3, -0.25) is 0 Å². The van der Waals surface area contributed by atoms with E-state index >= 15 is 0 Å². The van der Waals surface area contributed by atoms with Crippen LogP contribution in [-0.4, -0.2) is 0 Å². The maximum absolute atomic E-state index is 2.34. The average Bonchev–Trinajstić information content (AvgIpc) is 2.56. The minimum absolute atomic E-state index is 0.441. The molecule has 0 saturated carbocycles. The van der Waals surface area contributed by atoms with Gasteiger partial charge in [-0.05, 0) is 35.8 Å². The highest BCUT2D eigenvalue weighted by molar-refractivity contribution is 7.19. The number of benzene rings is 1. The second kappa shape index (κ2) is 3.97. The van der Waals surface area contributed by atoms with E-state index in [0.29, 0.717) is 5.41 Å². The molecule has 1 aromatic heterocycles. The van der Waals surface area contributed by atoms with Crippen molar-refractivity contribution in [3.63, 3.8) is 0 Å². The summed E-state index contributed by atoms with van der Waals surface area (Å²) in [5.74, 6) is 0. The minimum atomic E-state index is 0.441. The molecule has 0 saturated heterocycles. The summed E-state index contributed by atoms with van der Waals surface area (Å²) in [6, 6.07) is 11.0. The molecule has 0 atom stereocenters. The molecule has 0 aliphatic rings. The number of fused-ring (bicyclic) bond motifs is 1. The predicted molar refractivity (Wildman–Crippen MR) is 69.6 cm³/mol. The van der Waals surface area contributed by atoms with Gasteiger partial charge in [0.2, 0.25) is 0 Å². The summed E-state index contributed by atoms with van der Waals surface area (Å²) in [6.45, 7) is 6.92. The molecule has 0 spiro atoms. The van der Waals surface area contributed by atoms with Gasteiger partial charge in [0.05, 0.1) is 0 Å². The fourth-order valence-electron chi connectivity index (χ4n) is 1.66. The largest absolute Gasteiger partial charge is 0.140 e. The zero-order valence-electron chi connectivity index (χ0n) is 9.71. The highest BCUT2D eigenvalue weighted by Gasteiger charge is 2.11. The predicted octanol–water partition coefficient (Wildman–Crippen LogP) is 4.88. The Bertz CT molecular complexity index is 413. The van der Waals surface area contributed by atoms with Gasteiger partial charge in [-0.1, -0.05) is 39.0 Å². The fraction of sp³-hybridized carbons (Fsp3) is 0.429. The standard InChI is InChI=1S/C14H18S/c1-14(2,3)9-8-12-10-11-6-4-5-7-13(11)15-12/h4-7,10H,8-9H2,1-3H3. The first-order valence-electron chi connectivity index (χ1n) is 5.52. The number of aryl methyl sites for hydroxylation is 1. The normalized spacial score (nSPS) is 12.2. The Kier molecular flexibility index (Phi) is 2.83. The third-order valence-corrected chi connectivity index (χ3v) is 3.77. The van der Waals surface area contributed by atoms with Crippen molar-refractivity contribution < 1.29 is 0 Å². The molecule has 1 heterocycles. The van der Waals surface area contributed by atoms with Crippen LogP contribution in [0.2, 0.25) is 0 Å². The van der Waals surface area contributed by atoms with Crippen molar-refractivity contribution in [2.45, 2.75) is 33.6 Å². The molecule has 0 nitrogen and oxygen atoms in total. The molecule has 0 N–H and O–H groups in total. The molecule has 80 valence electrons. The number of rotatable bonds is 2. The van der Waals surface area contributed by atoms with E-state index in [1.807, 2.05) is 11.3 Å².